The first-order valence-corrected chi connectivity index (χ1v) is 14.0. The van der Waals surface area contributed by atoms with E-state index in [1.165, 1.54) is 33.4 Å². The van der Waals surface area contributed by atoms with Gasteiger partial charge in [-0.15, -0.1) is 0 Å². The second kappa shape index (κ2) is 10.5. The van der Waals surface area contributed by atoms with Crippen molar-refractivity contribution in [3.63, 3.8) is 0 Å². The normalized spacial score (nSPS) is 26.1. The summed E-state index contributed by atoms with van der Waals surface area (Å²) in [6.07, 6.45) is 2.93. The highest BCUT2D eigenvalue weighted by molar-refractivity contribution is 5.66. The van der Waals surface area contributed by atoms with Crippen LogP contribution in [0.1, 0.15) is 53.4 Å². The molecule has 41 heavy (non-hydrogen) atoms. The first kappa shape index (κ1) is 27.3. The van der Waals surface area contributed by atoms with Gasteiger partial charge in [-0.1, -0.05) is 29.8 Å². The van der Waals surface area contributed by atoms with Crippen LogP contribution in [0.15, 0.2) is 83.6 Å². The summed E-state index contributed by atoms with van der Waals surface area (Å²) >= 11 is 0. The average molecular weight is 555 g/mol. The van der Waals surface area contributed by atoms with E-state index in [9.17, 15) is 0 Å². The van der Waals surface area contributed by atoms with E-state index in [-0.39, 0.29) is 23.7 Å². The molecule has 0 aliphatic heterocycles. The maximum Gasteiger partial charge on any atom is 0.126 e. The predicted octanol–water partition coefficient (Wildman–Crippen LogP) is 7.00. The molecular weight excluding hydrogens is 516 g/mol. The number of benzene rings is 3. The van der Waals surface area contributed by atoms with Gasteiger partial charge in [0.25, 0.3) is 0 Å². The smallest absolute Gasteiger partial charge is 0.126 e. The Hall–Kier alpha value is -3.90. The molecule has 3 aromatic carbocycles. The molecule has 5 unspecified atom stereocenters. The van der Waals surface area contributed by atoms with Crippen molar-refractivity contribution in [1.82, 2.24) is 0 Å². The van der Waals surface area contributed by atoms with Gasteiger partial charge in [0.15, 0.2) is 0 Å². The second-order valence-corrected chi connectivity index (χ2v) is 11.2. The molecule has 0 saturated heterocycles. The molecule has 6 rings (SSSR count). The van der Waals surface area contributed by atoms with Crippen molar-refractivity contribution >= 4 is 0 Å². The summed E-state index contributed by atoms with van der Waals surface area (Å²) in [5.74, 6) is 4.52. The van der Waals surface area contributed by atoms with Gasteiger partial charge in [-0.2, -0.15) is 0 Å². The van der Waals surface area contributed by atoms with E-state index >= 15 is 0 Å². The number of methoxy groups -OCH3 is 6. The van der Waals surface area contributed by atoms with Crippen molar-refractivity contribution in [2.75, 3.05) is 42.7 Å². The van der Waals surface area contributed by atoms with Gasteiger partial charge in [0.05, 0.1) is 41.2 Å². The van der Waals surface area contributed by atoms with Crippen molar-refractivity contribution in [3.05, 3.63) is 106 Å². The van der Waals surface area contributed by atoms with Gasteiger partial charge in [0, 0.05) is 48.5 Å². The maximum atomic E-state index is 6.15. The lowest BCUT2D eigenvalue weighted by Gasteiger charge is -2.42. The van der Waals surface area contributed by atoms with E-state index in [0.717, 1.165) is 35.2 Å². The predicted molar refractivity (Wildman–Crippen MR) is 158 cm³/mol. The highest BCUT2D eigenvalue weighted by Crippen LogP contribution is 2.68. The molecule has 0 aromatic heterocycles. The largest absolute Gasteiger partial charge is 0.497 e. The van der Waals surface area contributed by atoms with E-state index < -0.39 is 5.60 Å². The molecule has 3 aliphatic rings. The number of hydrogen-bond donors (Lipinski definition) is 0. The number of allylic oxidation sites excluding steroid dienone is 1. The van der Waals surface area contributed by atoms with Crippen molar-refractivity contribution in [2.24, 2.45) is 5.92 Å². The second-order valence-electron chi connectivity index (χ2n) is 11.2. The number of rotatable bonds is 8. The van der Waals surface area contributed by atoms with Crippen LogP contribution < -0.4 is 18.9 Å². The summed E-state index contributed by atoms with van der Waals surface area (Å²) in [5.41, 5.74) is 7.01. The third-order valence-electron chi connectivity index (χ3n) is 9.32. The zero-order valence-electron chi connectivity index (χ0n) is 24.8. The molecule has 6 nitrogen and oxygen atoms in total. The third kappa shape index (κ3) is 4.27. The molecule has 6 heteroatoms. The number of fused-ring (bicyclic) bond motifs is 6. The summed E-state index contributed by atoms with van der Waals surface area (Å²) in [7, 11) is 10.4. The monoisotopic (exact) mass is 554 g/mol. The van der Waals surface area contributed by atoms with Crippen LogP contribution in [0.2, 0.25) is 0 Å². The zero-order chi connectivity index (χ0) is 28.9. The number of ether oxygens (including phenoxy) is 6. The maximum absolute atomic E-state index is 6.15. The van der Waals surface area contributed by atoms with E-state index in [0.29, 0.717) is 0 Å². The molecule has 0 fully saturated rings. The average Bonchev–Trinajstić information content (AvgIpc) is 3.29. The van der Waals surface area contributed by atoms with E-state index in [4.69, 9.17) is 28.4 Å². The van der Waals surface area contributed by atoms with Crippen LogP contribution in [-0.2, 0) is 9.47 Å². The van der Waals surface area contributed by atoms with Crippen molar-refractivity contribution in [1.29, 1.82) is 0 Å². The minimum absolute atomic E-state index is 0.0185. The molecule has 0 N–H and O–H groups in total. The molecule has 0 amide bonds. The summed E-state index contributed by atoms with van der Waals surface area (Å²) < 4.78 is 35.2. The summed E-state index contributed by atoms with van der Waals surface area (Å²) in [4.78, 5) is 0. The summed E-state index contributed by atoms with van der Waals surface area (Å²) in [6, 6.07) is 21.2. The molecule has 214 valence electrons. The molecule has 0 spiro atoms. The Morgan fingerprint density at radius 3 is 1.78 bits per heavy atom. The van der Waals surface area contributed by atoms with E-state index in [2.05, 4.69) is 55.5 Å². The lowest BCUT2D eigenvalue weighted by Crippen LogP contribution is -2.32. The molecular formula is C35H38O6. The van der Waals surface area contributed by atoms with Gasteiger partial charge in [-0.25, -0.2) is 0 Å². The van der Waals surface area contributed by atoms with Gasteiger partial charge in [-0.05, 0) is 65.9 Å². The fraction of sp³-hybridized carbons (Fsp3) is 0.371. The van der Waals surface area contributed by atoms with Gasteiger partial charge < -0.3 is 28.4 Å². The standard InChI is InChI=1S/C35H38O6/c1-35(41-7)18-26-32(28(19-35)40-6)33-25-16-24(38-4)17-27(39-5)31(25)29(20-8-12-22(36-2)13-9-20)34(26)30(33)21-10-14-23(37-3)15-11-21/h8-17,19,29-30,33-34H,18H2,1-7H3. The van der Waals surface area contributed by atoms with Gasteiger partial charge in [-0.3, -0.25) is 0 Å². The molecule has 0 saturated carbocycles. The van der Waals surface area contributed by atoms with Crippen molar-refractivity contribution in [2.45, 2.75) is 36.7 Å². The van der Waals surface area contributed by atoms with Gasteiger partial charge in [0.2, 0.25) is 0 Å². The quantitative estimate of drug-likeness (QED) is 0.299. The minimum atomic E-state index is -0.482. The van der Waals surface area contributed by atoms with Crippen LogP contribution in [0.4, 0.5) is 0 Å². The molecule has 5 atom stereocenters. The van der Waals surface area contributed by atoms with Crippen LogP contribution >= 0.6 is 0 Å². The van der Waals surface area contributed by atoms with E-state index in [1.807, 2.05) is 18.2 Å². The van der Waals surface area contributed by atoms with Crippen molar-refractivity contribution < 1.29 is 28.4 Å². The van der Waals surface area contributed by atoms with Crippen LogP contribution in [0.25, 0.3) is 0 Å². The Morgan fingerprint density at radius 2 is 1.24 bits per heavy atom. The Balaban J connectivity index is 1.68. The molecule has 2 bridgehead atoms. The molecule has 0 radical (unpaired) electrons. The first-order valence-electron chi connectivity index (χ1n) is 14.0. The van der Waals surface area contributed by atoms with Gasteiger partial charge in [0.1, 0.15) is 28.8 Å². The SMILES string of the molecule is COC1=CC(C)(OC)CC2=C1C1c3cc(OC)cc(OC)c3C(c3ccc(OC)cc3)C2C1c1ccc(OC)cc1. The lowest BCUT2D eigenvalue weighted by molar-refractivity contribution is 0.0412. The highest BCUT2D eigenvalue weighted by Gasteiger charge is 2.56. The Morgan fingerprint density at radius 1 is 0.634 bits per heavy atom. The Bertz CT molecular complexity index is 1500. The fourth-order valence-electron chi connectivity index (χ4n) is 7.44. The summed E-state index contributed by atoms with van der Waals surface area (Å²) in [5, 5.41) is 0. The lowest BCUT2D eigenvalue weighted by atomic mass is 9.61. The van der Waals surface area contributed by atoms with E-state index in [1.54, 1.807) is 42.7 Å². The Labute approximate surface area is 242 Å². The fourth-order valence-corrected chi connectivity index (χ4v) is 7.44. The number of hydrogen-bond acceptors (Lipinski definition) is 6. The van der Waals surface area contributed by atoms with Crippen LogP contribution in [0.5, 0.6) is 23.0 Å². The van der Waals surface area contributed by atoms with Gasteiger partial charge >= 0.3 is 0 Å². The topological polar surface area (TPSA) is 55.4 Å². The summed E-state index contributed by atoms with van der Waals surface area (Å²) in [6.45, 7) is 2.14. The molecule has 0 heterocycles. The molecule has 3 aromatic rings. The molecule has 3 aliphatic carbocycles. The Kier molecular flexibility index (Phi) is 6.98. The third-order valence-corrected chi connectivity index (χ3v) is 9.32. The minimum Gasteiger partial charge on any atom is -0.497 e. The first-order chi connectivity index (χ1) is 19.9. The van der Waals surface area contributed by atoms with Crippen LogP contribution in [0.3, 0.4) is 0 Å². The van der Waals surface area contributed by atoms with Crippen LogP contribution in [0, 0.1) is 5.92 Å². The highest BCUT2D eigenvalue weighted by atomic mass is 16.5. The van der Waals surface area contributed by atoms with Crippen molar-refractivity contribution in [3.8, 4) is 23.0 Å². The zero-order valence-corrected chi connectivity index (χ0v) is 24.8. The van der Waals surface area contributed by atoms with Crippen LogP contribution in [-0.4, -0.2) is 48.3 Å².